The van der Waals surface area contributed by atoms with E-state index in [0.717, 1.165) is 30.8 Å². The Balaban J connectivity index is 2.29. The van der Waals surface area contributed by atoms with E-state index >= 15 is 0 Å². The molecule has 0 aliphatic carbocycles. The topological polar surface area (TPSA) is 38.8 Å². The normalized spacial score (nSPS) is 15.6. The molecule has 0 fully saturated rings. The molecule has 4 heteroatoms. The number of rotatable bonds is 4. The first-order chi connectivity index (χ1) is 9.13. The number of hydrogen-bond donors (Lipinski definition) is 0. The lowest BCUT2D eigenvalue weighted by molar-refractivity contribution is -0.148. The van der Waals surface area contributed by atoms with E-state index in [9.17, 15) is 4.79 Å². The summed E-state index contributed by atoms with van der Waals surface area (Å²) in [4.78, 5) is 13.9. The van der Waals surface area contributed by atoms with Gasteiger partial charge in [0.15, 0.2) is 0 Å². The Kier molecular flexibility index (Phi) is 4.43. The van der Waals surface area contributed by atoms with Gasteiger partial charge in [0.25, 0.3) is 0 Å². The molecule has 1 unspecified atom stereocenters. The van der Waals surface area contributed by atoms with Crippen LogP contribution in [0.5, 0.6) is 5.75 Å². The first kappa shape index (κ1) is 13.9. The number of likely N-dealkylation sites (N-methyl/N-ethyl adjacent to an activating group) is 1. The molecule has 1 aromatic carbocycles. The van der Waals surface area contributed by atoms with Crippen LogP contribution in [0.2, 0.25) is 0 Å². The third-order valence-electron chi connectivity index (χ3n) is 3.27. The van der Waals surface area contributed by atoms with Crippen molar-refractivity contribution in [2.24, 2.45) is 0 Å². The molecule has 104 valence electrons. The molecular weight excluding hydrogens is 242 g/mol. The lowest BCUT2D eigenvalue weighted by Gasteiger charge is -2.25. The number of ether oxygens (including phenoxy) is 2. The molecule has 1 aromatic rings. The smallest absolute Gasteiger partial charge is 0.327 e. The monoisotopic (exact) mass is 263 g/mol. The van der Waals surface area contributed by atoms with Gasteiger partial charge in [-0.25, -0.2) is 4.79 Å². The predicted octanol–water partition coefficient (Wildman–Crippen LogP) is 2.18. The summed E-state index contributed by atoms with van der Waals surface area (Å²) in [5.41, 5.74) is 2.15. The van der Waals surface area contributed by atoms with Crippen LogP contribution < -0.4 is 4.74 Å². The van der Waals surface area contributed by atoms with E-state index in [1.807, 2.05) is 38.1 Å². The number of carbonyl (C=O) groups excluding carboxylic acids is 1. The minimum absolute atomic E-state index is 0.204. The summed E-state index contributed by atoms with van der Waals surface area (Å²) in [6.45, 7) is 3.00. The fourth-order valence-electron chi connectivity index (χ4n) is 2.42. The molecule has 0 bridgehead atoms. The molecule has 0 spiro atoms. The van der Waals surface area contributed by atoms with Crippen molar-refractivity contribution in [3.8, 4) is 5.75 Å². The van der Waals surface area contributed by atoms with E-state index < -0.39 is 0 Å². The fraction of sp³-hybridized carbons (Fsp3) is 0.533. The van der Waals surface area contributed by atoms with Crippen molar-refractivity contribution in [1.82, 2.24) is 4.90 Å². The molecule has 2 rings (SSSR count). The number of esters is 1. The molecule has 0 saturated carbocycles. The zero-order chi connectivity index (χ0) is 13.8. The highest BCUT2D eigenvalue weighted by molar-refractivity contribution is 5.77. The first-order valence-corrected chi connectivity index (χ1v) is 6.72. The second kappa shape index (κ2) is 6.06. The van der Waals surface area contributed by atoms with Crippen LogP contribution in [0.4, 0.5) is 0 Å². The zero-order valence-corrected chi connectivity index (χ0v) is 11.8. The number of fused-ring (bicyclic) bond motifs is 1. The maximum atomic E-state index is 12.1. The molecule has 1 atom stereocenters. The highest BCUT2D eigenvalue weighted by Gasteiger charge is 2.25. The number of aryl methyl sites for hydroxylation is 1. The molecule has 0 amide bonds. The Morgan fingerprint density at radius 1 is 1.47 bits per heavy atom. The number of hydrogen-bond acceptors (Lipinski definition) is 4. The summed E-state index contributed by atoms with van der Waals surface area (Å²) in [5.74, 6) is 0.737. The summed E-state index contributed by atoms with van der Waals surface area (Å²) < 4.78 is 10.7. The molecule has 1 aliphatic heterocycles. The average Bonchev–Trinajstić information content (AvgIpc) is 2.38. The van der Waals surface area contributed by atoms with Crippen LogP contribution in [0.3, 0.4) is 0 Å². The van der Waals surface area contributed by atoms with Gasteiger partial charge in [0.05, 0.1) is 13.2 Å². The number of benzene rings is 1. The van der Waals surface area contributed by atoms with Gasteiger partial charge in [-0.1, -0.05) is 6.07 Å². The molecule has 0 saturated heterocycles. The Labute approximate surface area is 114 Å². The second-order valence-corrected chi connectivity index (χ2v) is 4.94. The van der Waals surface area contributed by atoms with E-state index in [1.165, 1.54) is 5.56 Å². The van der Waals surface area contributed by atoms with Crippen LogP contribution in [0.1, 0.15) is 30.5 Å². The van der Waals surface area contributed by atoms with E-state index in [-0.39, 0.29) is 12.0 Å². The SMILES string of the molecule is CCOC(=O)C(c1ccc2c(c1)CCCO2)N(C)C. The van der Waals surface area contributed by atoms with Gasteiger partial charge in [-0.3, -0.25) is 4.90 Å². The van der Waals surface area contributed by atoms with Gasteiger partial charge in [0, 0.05) is 0 Å². The summed E-state index contributed by atoms with van der Waals surface area (Å²) in [5, 5.41) is 0. The quantitative estimate of drug-likeness (QED) is 0.780. The van der Waals surface area contributed by atoms with Crippen molar-refractivity contribution in [2.45, 2.75) is 25.8 Å². The molecule has 0 N–H and O–H groups in total. The highest BCUT2D eigenvalue weighted by atomic mass is 16.5. The van der Waals surface area contributed by atoms with Gasteiger partial charge >= 0.3 is 5.97 Å². The predicted molar refractivity (Wildman–Crippen MR) is 73.3 cm³/mol. The van der Waals surface area contributed by atoms with Crippen molar-refractivity contribution in [3.05, 3.63) is 29.3 Å². The van der Waals surface area contributed by atoms with E-state index in [1.54, 1.807) is 0 Å². The van der Waals surface area contributed by atoms with Gasteiger partial charge < -0.3 is 9.47 Å². The standard InChI is InChI=1S/C15H21NO3/c1-4-18-15(17)14(16(2)3)12-7-8-13-11(10-12)6-5-9-19-13/h7-8,10,14H,4-6,9H2,1-3H3. The van der Waals surface area contributed by atoms with Crippen LogP contribution in [-0.2, 0) is 16.0 Å². The minimum atomic E-state index is -0.354. The zero-order valence-electron chi connectivity index (χ0n) is 11.8. The van der Waals surface area contributed by atoms with Crippen LogP contribution in [0.25, 0.3) is 0 Å². The Morgan fingerprint density at radius 3 is 2.95 bits per heavy atom. The van der Waals surface area contributed by atoms with Crippen molar-refractivity contribution < 1.29 is 14.3 Å². The van der Waals surface area contributed by atoms with Gasteiger partial charge in [0.1, 0.15) is 11.8 Å². The third kappa shape index (κ3) is 3.07. The van der Waals surface area contributed by atoms with Crippen molar-refractivity contribution >= 4 is 5.97 Å². The van der Waals surface area contributed by atoms with Gasteiger partial charge in [0.2, 0.25) is 0 Å². The van der Waals surface area contributed by atoms with Crippen LogP contribution in [-0.4, -0.2) is 38.2 Å². The first-order valence-electron chi connectivity index (χ1n) is 6.72. The summed E-state index contributed by atoms with van der Waals surface area (Å²) in [6.07, 6.45) is 2.04. The van der Waals surface area contributed by atoms with Crippen molar-refractivity contribution in [3.63, 3.8) is 0 Å². The second-order valence-electron chi connectivity index (χ2n) is 4.94. The van der Waals surface area contributed by atoms with E-state index in [4.69, 9.17) is 9.47 Å². The van der Waals surface area contributed by atoms with E-state index in [2.05, 4.69) is 6.07 Å². The number of carbonyl (C=O) groups is 1. The molecule has 1 aliphatic rings. The lowest BCUT2D eigenvalue weighted by Crippen LogP contribution is -2.29. The Bertz CT molecular complexity index is 457. The lowest BCUT2D eigenvalue weighted by atomic mass is 9.99. The van der Waals surface area contributed by atoms with Crippen molar-refractivity contribution in [1.29, 1.82) is 0 Å². The summed E-state index contributed by atoms with van der Waals surface area (Å²) in [7, 11) is 3.77. The molecule has 19 heavy (non-hydrogen) atoms. The largest absolute Gasteiger partial charge is 0.493 e. The minimum Gasteiger partial charge on any atom is -0.493 e. The van der Waals surface area contributed by atoms with Crippen LogP contribution in [0.15, 0.2) is 18.2 Å². The van der Waals surface area contributed by atoms with Crippen LogP contribution >= 0.6 is 0 Å². The maximum absolute atomic E-state index is 12.1. The summed E-state index contributed by atoms with van der Waals surface area (Å²) in [6, 6.07) is 5.62. The Hall–Kier alpha value is -1.55. The number of nitrogens with zero attached hydrogens (tertiary/aromatic N) is 1. The van der Waals surface area contributed by atoms with Crippen LogP contribution in [0, 0.1) is 0 Å². The molecule has 0 radical (unpaired) electrons. The van der Waals surface area contributed by atoms with Crippen molar-refractivity contribution in [2.75, 3.05) is 27.3 Å². The summed E-state index contributed by atoms with van der Waals surface area (Å²) >= 11 is 0. The highest BCUT2D eigenvalue weighted by Crippen LogP contribution is 2.29. The Morgan fingerprint density at radius 2 is 2.26 bits per heavy atom. The fourth-order valence-corrected chi connectivity index (χ4v) is 2.42. The van der Waals surface area contributed by atoms with Gasteiger partial charge in [-0.05, 0) is 57.1 Å². The van der Waals surface area contributed by atoms with Gasteiger partial charge in [-0.15, -0.1) is 0 Å². The van der Waals surface area contributed by atoms with E-state index in [0.29, 0.717) is 6.61 Å². The molecule has 1 heterocycles. The van der Waals surface area contributed by atoms with Gasteiger partial charge in [-0.2, -0.15) is 0 Å². The average molecular weight is 263 g/mol. The molecular formula is C15H21NO3. The third-order valence-corrected chi connectivity index (χ3v) is 3.27. The molecule has 0 aromatic heterocycles. The maximum Gasteiger partial charge on any atom is 0.327 e. The molecule has 4 nitrogen and oxygen atoms in total.